The van der Waals surface area contributed by atoms with Crippen LogP contribution in [0.15, 0.2) is 72.7 Å². The molecule has 2 N–H and O–H groups in total. The Bertz CT molecular complexity index is 595. The maximum atomic E-state index is 6.20. The van der Waals surface area contributed by atoms with Gasteiger partial charge < -0.3 is 15.2 Å². The maximum Gasteiger partial charge on any atom is 0.244 e. The van der Waals surface area contributed by atoms with Gasteiger partial charge in [0.05, 0.1) is 0 Å². The molecule has 1 aliphatic heterocycles. The summed E-state index contributed by atoms with van der Waals surface area (Å²) < 4.78 is 11.4. The van der Waals surface area contributed by atoms with Gasteiger partial charge in [0.2, 0.25) is 6.29 Å². The van der Waals surface area contributed by atoms with Crippen LogP contribution in [-0.4, -0.2) is 6.29 Å². The molecule has 0 saturated carbocycles. The molecule has 3 rings (SSSR count). The number of nitrogens with two attached hydrogens (primary N) is 1. The number of ether oxygens (including phenoxy) is 2. The first-order valence-corrected chi connectivity index (χ1v) is 7.17. The quantitative estimate of drug-likeness (QED) is 0.911. The van der Waals surface area contributed by atoms with Crippen molar-refractivity contribution in [3.8, 4) is 0 Å². The maximum absolute atomic E-state index is 6.20. The van der Waals surface area contributed by atoms with Crippen molar-refractivity contribution in [1.82, 2.24) is 0 Å². The van der Waals surface area contributed by atoms with Crippen molar-refractivity contribution < 1.29 is 9.47 Å². The minimum absolute atomic E-state index is 0.0727. The molecule has 0 spiro atoms. The minimum Gasteiger partial charge on any atom is -0.459 e. The Balaban J connectivity index is 1.53. The van der Waals surface area contributed by atoms with Crippen LogP contribution in [0.5, 0.6) is 0 Å². The van der Waals surface area contributed by atoms with Gasteiger partial charge in [0, 0.05) is 18.9 Å². The fraction of sp³-hybridized carbons (Fsp3) is 0.222. The smallest absolute Gasteiger partial charge is 0.244 e. The van der Waals surface area contributed by atoms with E-state index in [0.717, 1.165) is 17.7 Å². The predicted molar refractivity (Wildman–Crippen MR) is 82.2 cm³/mol. The molecule has 3 nitrogen and oxygen atoms in total. The van der Waals surface area contributed by atoms with Gasteiger partial charge >= 0.3 is 0 Å². The molecule has 0 aromatic heterocycles. The highest BCUT2D eigenvalue weighted by Crippen LogP contribution is 2.25. The average Bonchev–Trinajstić information content (AvgIpc) is 2.96. The Morgan fingerprint density at radius 1 is 0.952 bits per heavy atom. The van der Waals surface area contributed by atoms with E-state index in [1.807, 2.05) is 48.5 Å². The van der Waals surface area contributed by atoms with Gasteiger partial charge in [0.15, 0.2) is 0 Å². The molecule has 2 aromatic carbocycles. The summed E-state index contributed by atoms with van der Waals surface area (Å²) in [5, 5.41) is 0. The van der Waals surface area contributed by atoms with E-state index < -0.39 is 0 Å². The second-order valence-electron chi connectivity index (χ2n) is 5.18. The lowest BCUT2D eigenvalue weighted by molar-refractivity contribution is -0.0320. The lowest BCUT2D eigenvalue weighted by Gasteiger charge is -2.14. The molecule has 3 heteroatoms. The molecule has 108 valence electrons. The van der Waals surface area contributed by atoms with Gasteiger partial charge in [-0.2, -0.15) is 0 Å². The summed E-state index contributed by atoms with van der Waals surface area (Å²) in [5.74, 6) is 0.812. The first-order valence-electron chi connectivity index (χ1n) is 7.17. The molecule has 1 heterocycles. The second-order valence-corrected chi connectivity index (χ2v) is 5.18. The van der Waals surface area contributed by atoms with E-state index in [-0.39, 0.29) is 12.3 Å². The zero-order valence-electron chi connectivity index (χ0n) is 11.8. The monoisotopic (exact) mass is 281 g/mol. The molecule has 0 aliphatic carbocycles. The third-order valence-electron chi connectivity index (χ3n) is 3.53. The van der Waals surface area contributed by atoms with Crippen LogP contribution in [-0.2, 0) is 15.9 Å². The summed E-state index contributed by atoms with van der Waals surface area (Å²) in [6.45, 7) is 0. The van der Waals surface area contributed by atoms with Crippen LogP contribution in [0.2, 0.25) is 0 Å². The van der Waals surface area contributed by atoms with Crippen molar-refractivity contribution in [3.05, 3.63) is 83.8 Å². The van der Waals surface area contributed by atoms with Crippen LogP contribution in [0.25, 0.3) is 0 Å². The molecule has 0 amide bonds. The topological polar surface area (TPSA) is 44.5 Å². The molecule has 0 bridgehead atoms. The SMILES string of the molecule is N[C@@H](CC1=COC(Cc2ccccc2)O1)c1ccccc1. The zero-order valence-corrected chi connectivity index (χ0v) is 11.8. The Hall–Kier alpha value is -2.26. The number of rotatable bonds is 5. The van der Waals surface area contributed by atoms with E-state index in [0.29, 0.717) is 6.42 Å². The highest BCUT2D eigenvalue weighted by atomic mass is 16.7. The number of benzene rings is 2. The van der Waals surface area contributed by atoms with Crippen LogP contribution < -0.4 is 5.73 Å². The van der Waals surface area contributed by atoms with E-state index >= 15 is 0 Å². The molecule has 0 radical (unpaired) electrons. The van der Waals surface area contributed by atoms with Gasteiger partial charge in [0.1, 0.15) is 12.0 Å². The van der Waals surface area contributed by atoms with Crippen molar-refractivity contribution in [2.24, 2.45) is 5.73 Å². The lowest BCUT2D eigenvalue weighted by atomic mass is 10.0. The van der Waals surface area contributed by atoms with Gasteiger partial charge in [-0.25, -0.2) is 0 Å². The molecule has 1 unspecified atom stereocenters. The van der Waals surface area contributed by atoms with E-state index in [4.69, 9.17) is 15.2 Å². The van der Waals surface area contributed by atoms with Crippen LogP contribution in [0.1, 0.15) is 23.6 Å². The van der Waals surface area contributed by atoms with Crippen molar-refractivity contribution in [1.29, 1.82) is 0 Å². The number of hydrogen-bond donors (Lipinski definition) is 1. The standard InChI is InChI=1S/C18H19NO2/c19-17(15-9-5-2-6-10-15)12-16-13-20-18(21-16)11-14-7-3-1-4-8-14/h1-10,13,17-18H,11-12,19H2/t17-,18?/m0/s1. The highest BCUT2D eigenvalue weighted by molar-refractivity contribution is 5.20. The van der Waals surface area contributed by atoms with Crippen molar-refractivity contribution in [2.75, 3.05) is 0 Å². The first-order chi connectivity index (χ1) is 10.3. The first kappa shape index (κ1) is 13.7. The lowest BCUT2D eigenvalue weighted by Crippen LogP contribution is -2.15. The van der Waals surface area contributed by atoms with Gasteiger partial charge in [-0.05, 0) is 11.1 Å². The van der Waals surface area contributed by atoms with Crippen LogP contribution in [0.4, 0.5) is 0 Å². The third-order valence-corrected chi connectivity index (χ3v) is 3.53. The van der Waals surface area contributed by atoms with Gasteiger partial charge in [-0.1, -0.05) is 60.7 Å². The number of hydrogen-bond acceptors (Lipinski definition) is 3. The summed E-state index contributed by atoms with van der Waals surface area (Å²) in [6, 6.07) is 20.1. The molecule has 1 aliphatic rings. The molecule has 2 atom stereocenters. The van der Waals surface area contributed by atoms with Crippen molar-refractivity contribution in [2.45, 2.75) is 25.2 Å². The van der Waals surface area contributed by atoms with E-state index in [1.165, 1.54) is 5.56 Å². The van der Waals surface area contributed by atoms with Gasteiger partial charge in [0.25, 0.3) is 0 Å². The van der Waals surface area contributed by atoms with Gasteiger partial charge in [-0.15, -0.1) is 0 Å². The summed E-state index contributed by atoms with van der Waals surface area (Å²) >= 11 is 0. The zero-order chi connectivity index (χ0) is 14.5. The average molecular weight is 281 g/mol. The Kier molecular flexibility index (Phi) is 4.22. The third kappa shape index (κ3) is 3.64. The normalized spacial score (nSPS) is 18.5. The second kappa shape index (κ2) is 6.46. The van der Waals surface area contributed by atoms with Crippen molar-refractivity contribution >= 4 is 0 Å². The fourth-order valence-electron chi connectivity index (χ4n) is 2.40. The molecule has 21 heavy (non-hydrogen) atoms. The molecular weight excluding hydrogens is 262 g/mol. The molecule has 0 saturated heterocycles. The Morgan fingerprint density at radius 2 is 1.62 bits per heavy atom. The predicted octanol–water partition coefficient (Wildman–Crippen LogP) is 3.53. The van der Waals surface area contributed by atoms with E-state index in [2.05, 4.69) is 12.1 Å². The van der Waals surface area contributed by atoms with Crippen LogP contribution >= 0.6 is 0 Å². The molecule has 2 aromatic rings. The summed E-state index contributed by atoms with van der Waals surface area (Å²) in [7, 11) is 0. The summed E-state index contributed by atoms with van der Waals surface area (Å²) in [4.78, 5) is 0. The van der Waals surface area contributed by atoms with Crippen LogP contribution in [0.3, 0.4) is 0 Å². The molecular formula is C18H19NO2. The summed E-state index contributed by atoms with van der Waals surface area (Å²) in [6.07, 6.45) is 2.83. The highest BCUT2D eigenvalue weighted by Gasteiger charge is 2.21. The Morgan fingerprint density at radius 3 is 2.33 bits per heavy atom. The van der Waals surface area contributed by atoms with E-state index in [9.17, 15) is 0 Å². The largest absolute Gasteiger partial charge is 0.459 e. The summed E-state index contributed by atoms with van der Waals surface area (Å²) in [5.41, 5.74) is 8.50. The minimum atomic E-state index is -0.245. The van der Waals surface area contributed by atoms with Gasteiger partial charge in [-0.3, -0.25) is 0 Å². The van der Waals surface area contributed by atoms with E-state index in [1.54, 1.807) is 6.26 Å². The van der Waals surface area contributed by atoms with Crippen molar-refractivity contribution in [3.63, 3.8) is 0 Å². The molecule has 0 fully saturated rings. The van der Waals surface area contributed by atoms with Crippen LogP contribution in [0, 0.1) is 0 Å². The fourth-order valence-corrected chi connectivity index (χ4v) is 2.40. The Labute approximate surface area is 125 Å².